The van der Waals surface area contributed by atoms with Crippen molar-refractivity contribution in [2.75, 3.05) is 6.73 Å². The molecule has 0 saturated heterocycles. The standard InChI is InChI=1S/C6H9NO3/c1-5(9)2-3-6(10)7-4-8/h2-3,8H,4H2,1H3,(H,7,10)/b3-2-. The van der Waals surface area contributed by atoms with E-state index < -0.39 is 12.6 Å². The van der Waals surface area contributed by atoms with Gasteiger partial charge in [0.05, 0.1) is 0 Å². The molecule has 0 aromatic rings. The van der Waals surface area contributed by atoms with Crippen LogP contribution >= 0.6 is 0 Å². The topological polar surface area (TPSA) is 66.4 Å². The highest BCUT2D eigenvalue weighted by Gasteiger charge is 1.90. The highest BCUT2D eigenvalue weighted by atomic mass is 16.3. The molecule has 2 N–H and O–H groups in total. The lowest BCUT2D eigenvalue weighted by Gasteiger charge is -1.91. The predicted octanol–water partition coefficient (Wildman–Crippen LogP) is -0.802. The van der Waals surface area contributed by atoms with Crippen LogP contribution in [0.2, 0.25) is 0 Å². The number of rotatable bonds is 3. The van der Waals surface area contributed by atoms with Crippen LogP contribution in [-0.4, -0.2) is 23.5 Å². The highest BCUT2D eigenvalue weighted by molar-refractivity contribution is 5.96. The van der Waals surface area contributed by atoms with E-state index in [1.54, 1.807) is 0 Å². The van der Waals surface area contributed by atoms with Crippen LogP contribution in [0.5, 0.6) is 0 Å². The Bertz CT molecular complexity index is 162. The number of allylic oxidation sites excluding steroid dienone is 1. The quantitative estimate of drug-likeness (QED) is 0.401. The predicted molar refractivity (Wildman–Crippen MR) is 35.0 cm³/mol. The van der Waals surface area contributed by atoms with Crippen LogP contribution in [0.25, 0.3) is 0 Å². The molecule has 0 radical (unpaired) electrons. The largest absolute Gasteiger partial charge is 0.376 e. The smallest absolute Gasteiger partial charge is 0.245 e. The molecule has 0 unspecified atom stereocenters. The first kappa shape index (κ1) is 8.84. The molecule has 56 valence electrons. The van der Waals surface area contributed by atoms with Gasteiger partial charge in [0.2, 0.25) is 5.91 Å². The molecule has 0 aliphatic carbocycles. The van der Waals surface area contributed by atoms with Crippen LogP contribution in [0.15, 0.2) is 12.2 Å². The molecule has 0 atom stereocenters. The summed E-state index contributed by atoms with van der Waals surface area (Å²) in [5, 5.41) is 10.2. The number of aliphatic hydroxyl groups excluding tert-OH is 1. The van der Waals surface area contributed by atoms with Crippen molar-refractivity contribution in [1.82, 2.24) is 5.32 Å². The van der Waals surface area contributed by atoms with Crippen molar-refractivity contribution in [3.63, 3.8) is 0 Å². The summed E-state index contributed by atoms with van der Waals surface area (Å²) in [7, 11) is 0. The molecule has 10 heavy (non-hydrogen) atoms. The molecular formula is C6H9NO3. The molecule has 1 amide bonds. The van der Waals surface area contributed by atoms with E-state index in [9.17, 15) is 9.59 Å². The summed E-state index contributed by atoms with van der Waals surface area (Å²) < 4.78 is 0. The molecule has 4 heteroatoms. The van der Waals surface area contributed by atoms with Crippen molar-refractivity contribution in [3.8, 4) is 0 Å². The Balaban J connectivity index is 3.67. The Hall–Kier alpha value is -1.16. The van der Waals surface area contributed by atoms with Gasteiger partial charge in [-0.25, -0.2) is 0 Å². The number of ketones is 1. The molecule has 0 aromatic carbocycles. The number of carbonyl (C=O) groups is 2. The fourth-order valence-corrected chi connectivity index (χ4v) is 0.330. The molecule has 0 saturated carbocycles. The lowest BCUT2D eigenvalue weighted by molar-refractivity contribution is -0.118. The zero-order valence-corrected chi connectivity index (χ0v) is 5.63. The number of aliphatic hydroxyl groups is 1. The summed E-state index contributed by atoms with van der Waals surface area (Å²) in [5.74, 6) is -0.675. The second-order valence-corrected chi connectivity index (χ2v) is 1.64. The van der Waals surface area contributed by atoms with Gasteiger partial charge in [0.1, 0.15) is 6.73 Å². The molecule has 0 spiro atoms. The van der Waals surface area contributed by atoms with Crippen LogP contribution in [0.4, 0.5) is 0 Å². The fourth-order valence-electron chi connectivity index (χ4n) is 0.330. The molecular weight excluding hydrogens is 134 g/mol. The van der Waals surface area contributed by atoms with Gasteiger partial charge in [0.25, 0.3) is 0 Å². The van der Waals surface area contributed by atoms with E-state index in [-0.39, 0.29) is 5.78 Å². The Morgan fingerprint density at radius 3 is 2.50 bits per heavy atom. The normalized spacial score (nSPS) is 9.80. The molecule has 0 aliphatic heterocycles. The van der Waals surface area contributed by atoms with E-state index in [1.165, 1.54) is 6.92 Å². The van der Waals surface area contributed by atoms with Gasteiger partial charge in [-0.2, -0.15) is 0 Å². The average Bonchev–Trinajstić information content (AvgIpc) is 1.85. The van der Waals surface area contributed by atoms with Crippen LogP contribution in [0.3, 0.4) is 0 Å². The SMILES string of the molecule is CC(=O)/C=C\C(=O)NCO. The summed E-state index contributed by atoms with van der Waals surface area (Å²) in [6.45, 7) is 0.920. The zero-order chi connectivity index (χ0) is 7.98. The number of hydrogen-bond acceptors (Lipinski definition) is 3. The summed E-state index contributed by atoms with van der Waals surface area (Å²) in [5.41, 5.74) is 0. The van der Waals surface area contributed by atoms with E-state index in [0.29, 0.717) is 0 Å². The average molecular weight is 143 g/mol. The summed E-state index contributed by atoms with van der Waals surface area (Å²) >= 11 is 0. The molecule has 0 rings (SSSR count). The van der Waals surface area contributed by atoms with E-state index in [2.05, 4.69) is 5.32 Å². The third-order valence-electron chi connectivity index (χ3n) is 0.723. The van der Waals surface area contributed by atoms with Gasteiger partial charge < -0.3 is 10.4 Å². The van der Waals surface area contributed by atoms with Gasteiger partial charge in [0.15, 0.2) is 5.78 Å². The van der Waals surface area contributed by atoms with E-state index in [4.69, 9.17) is 5.11 Å². The Kier molecular flexibility index (Phi) is 4.15. The monoisotopic (exact) mass is 143 g/mol. The molecule has 0 aliphatic rings. The zero-order valence-electron chi connectivity index (χ0n) is 5.63. The molecule has 0 bridgehead atoms. The Morgan fingerprint density at radius 2 is 2.10 bits per heavy atom. The summed E-state index contributed by atoms with van der Waals surface area (Å²) in [6, 6.07) is 0. The van der Waals surface area contributed by atoms with Crippen LogP contribution in [0.1, 0.15) is 6.92 Å². The highest BCUT2D eigenvalue weighted by Crippen LogP contribution is 1.74. The van der Waals surface area contributed by atoms with Crippen LogP contribution in [-0.2, 0) is 9.59 Å². The minimum atomic E-state index is -0.474. The lowest BCUT2D eigenvalue weighted by atomic mass is 10.4. The van der Waals surface area contributed by atoms with Gasteiger partial charge in [-0.15, -0.1) is 0 Å². The number of hydrogen-bond donors (Lipinski definition) is 2. The molecule has 0 heterocycles. The van der Waals surface area contributed by atoms with Gasteiger partial charge in [-0.05, 0) is 13.0 Å². The number of nitrogens with one attached hydrogen (secondary N) is 1. The first-order valence-corrected chi connectivity index (χ1v) is 2.74. The van der Waals surface area contributed by atoms with Crippen molar-refractivity contribution in [2.45, 2.75) is 6.92 Å². The first-order valence-electron chi connectivity index (χ1n) is 2.74. The fraction of sp³-hybridized carbons (Fsp3) is 0.333. The third kappa shape index (κ3) is 4.99. The lowest BCUT2D eigenvalue weighted by Crippen LogP contribution is -2.21. The maximum atomic E-state index is 10.4. The van der Waals surface area contributed by atoms with E-state index >= 15 is 0 Å². The molecule has 0 fully saturated rings. The van der Waals surface area contributed by atoms with Gasteiger partial charge >= 0.3 is 0 Å². The first-order chi connectivity index (χ1) is 4.66. The van der Waals surface area contributed by atoms with Gasteiger partial charge in [-0.3, -0.25) is 9.59 Å². The summed E-state index contributed by atoms with van der Waals surface area (Å²) in [4.78, 5) is 20.7. The van der Waals surface area contributed by atoms with Crippen molar-refractivity contribution in [3.05, 3.63) is 12.2 Å². The van der Waals surface area contributed by atoms with Crippen LogP contribution in [0, 0.1) is 0 Å². The van der Waals surface area contributed by atoms with Gasteiger partial charge in [-0.1, -0.05) is 0 Å². The molecule has 0 aromatic heterocycles. The Morgan fingerprint density at radius 1 is 1.50 bits per heavy atom. The van der Waals surface area contributed by atoms with Gasteiger partial charge in [0, 0.05) is 6.08 Å². The Labute approximate surface area is 58.5 Å². The minimum absolute atomic E-state index is 0.201. The maximum Gasteiger partial charge on any atom is 0.245 e. The number of carbonyl (C=O) groups excluding carboxylic acids is 2. The van der Waals surface area contributed by atoms with E-state index in [1.807, 2.05) is 0 Å². The maximum absolute atomic E-state index is 10.4. The van der Waals surface area contributed by atoms with Crippen molar-refractivity contribution in [2.24, 2.45) is 0 Å². The minimum Gasteiger partial charge on any atom is -0.376 e. The molecule has 4 nitrogen and oxygen atoms in total. The second-order valence-electron chi connectivity index (χ2n) is 1.64. The van der Waals surface area contributed by atoms with Crippen LogP contribution < -0.4 is 5.32 Å². The van der Waals surface area contributed by atoms with E-state index in [0.717, 1.165) is 12.2 Å². The number of amides is 1. The summed E-state index contributed by atoms with van der Waals surface area (Å²) in [6.07, 6.45) is 2.20. The third-order valence-corrected chi connectivity index (χ3v) is 0.723. The van der Waals surface area contributed by atoms with Crippen molar-refractivity contribution in [1.29, 1.82) is 0 Å². The second kappa shape index (κ2) is 4.69. The van der Waals surface area contributed by atoms with Crippen molar-refractivity contribution < 1.29 is 14.7 Å². The van der Waals surface area contributed by atoms with Crippen molar-refractivity contribution >= 4 is 11.7 Å².